The summed E-state index contributed by atoms with van der Waals surface area (Å²) in [5.41, 5.74) is 1.49. The molecule has 0 unspecified atom stereocenters. The molecule has 0 saturated heterocycles. The highest BCUT2D eigenvalue weighted by Gasteiger charge is 2.38. The lowest BCUT2D eigenvalue weighted by molar-refractivity contribution is 0.0598. The summed E-state index contributed by atoms with van der Waals surface area (Å²) < 4.78 is 16.3. The van der Waals surface area contributed by atoms with Gasteiger partial charge in [0.15, 0.2) is 11.5 Å². The molecule has 21 heavy (non-hydrogen) atoms. The molecular formula is C16H24N2O3. The minimum Gasteiger partial charge on any atom is -0.493 e. The minimum atomic E-state index is 0.270. The van der Waals surface area contributed by atoms with Gasteiger partial charge in [-0.15, -0.1) is 0 Å². The van der Waals surface area contributed by atoms with E-state index in [9.17, 15) is 0 Å². The highest BCUT2D eigenvalue weighted by molar-refractivity contribution is 5.55. The van der Waals surface area contributed by atoms with E-state index in [1.165, 1.54) is 19.3 Å². The number of benzene rings is 1. The number of methoxy groups -OCH3 is 1. The van der Waals surface area contributed by atoms with Gasteiger partial charge in [-0.25, -0.2) is 0 Å². The maximum atomic E-state index is 5.46. The van der Waals surface area contributed by atoms with Gasteiger partial charge in [-0.05, 0) is 51.1 Å². The number of fused-ring (bicyclic) bond motifs is 1. The van der Waals surface area contributed by atoms with Gasteiger partial charge in [0, 0.05) is 18.6 Å². The van der Waals surface area contributed by atoms with Crippen molar-refractivity contribution in [3.05, 3.63) is 17.7 Å². The first kappa shape index (κ1) is 14.5. The number of rotatable bonds is 6. The van der Waals surface area contributed by atoms with Crippen molar-refractivity contribution in [1.82, 2.24) is 10.2 Å². The fourth-order valence-electron chi connectivity index (χ4n) is 3.09. The Morgan fingerprint density at radius 2 is 2.10 bits per heavy atom. The fourth-order valence-corrected chi connectivity index (χ4v) is 3.09. The lowest BCUT2D eigenvalue weighted by Crippen LogP contribution is -2.56. The summed E-state index contributed by atoms with van der Waals surface area (Å²) in [4.78, 5) is 2.35. The summed E-state index contributed by atoms with van der Waals surface area (Å²) in [6.07, 6.45) is 3.88. The van der Waals surface area contributed by atoms with Gasteiger partial charge >= 0.3 is 0 Å². The van der Waals surface area contributed by atoms with E-state index in [4.69, 9.17) is 14.2 Å². The third-order valence-electron chi connectivity index (χ3n) is 4.73. The van der Waals surface area contributed by atoms with E-state index >= 15 is 0 Å². The predicted molar refractivity (Wildman–Crippen MR) is 81.1 cm³/mol. The van der Waals surface area contributed by atoms with Gasteiger partial charge in [0.05, 0.1) is 7.11 Å². The summed E-state index contributed by atoms with van der Waals surface area (Å²) in [6, 6.07) is 4.05. The second-order valence-electron chi connectivity index (χ2n) is 6.11. The van der Waals surface area contributed by atoms with Crippen molar-refractivity contribution >= 4 is 0 Å². The van der Waals surface area contributed by atoms with Crippen LogP contribution < -0.4 is 19.5 Å². The monoisotopic (exact) mass is 292 g/mol. The first-order chi connectivity index (χ1) is 10.1. The Hall–Kier alpha value is -1.46. The van der Waals surface area contributed by atoms with Gasteiger partial charge in [0.2, 0.25) is 12.5 Å². The van der Waals surface area contributed by atoms with Crippen LogP contribution >= 0.6 is 0 Å². The summed E-state index contributed by atoms with van der Waals surface area (Å²) in [5, 5.41) is 3.57. The molecule has 0 spiro atoms. The van der Waals surface area contributed by atoms with E-state index in [-0.39, 0.29) is 6.79 Å². The molecule has 1 fully saturated rings. The largest absolute Gasteiger partial charge is 0.493 e. The van der Waals surface area contributed by atoms with Crippen molar-refractivity contribution in [2.24, 2.45) is 0 Å². The number of nitrogens with one attached hydrogen (secondary N) is 1. The number of hydrogen-bond acceptors (Lipinski definition) is 5. The molecule has 5 heteroatoms. The zero-order valence-electron chi connectivity index (χ0n) is 13.1. The number of hydrogen-bond donors (Lipinski definition) is 1. The summed E-state index contributed by atoms with van der Waals surface area (Å²) >= 11 is 0. The van der Waals surface area contributed by atoms with Crippen LogP contribution in [0, 0.1) is 0 Å². The summed E-state index contributed by atoms with van der Waals surface area (Å²) in [7, 11) is 6.00. The van der Waals surface area contributed by atoms with Crippen molar-refractivity contribution in [2.45, 2.75) is 31.3 Å². The molecule has 3 rings (SSSR count). The van der Waals surface area contributed by atoms with Crippen LogP contribution in [0.25, 0.3) is 0 Å². The lowest BCUT2D eigenvalue weighted by atomic mass is 9.75. The molecule has 0 radical (unpaired) electrons. The second kappa shape index (κ2) is 5.73. The van der Waals surface area contributed by atoms with Gasteiger partial charge in [-0.2, -0.15) is 0 Å². The van der Waals surface area contributed by atoms with Crippen LogP contribution in [0.5, 0.6) is 17.2 Å². The molecule has 0 atom stereocenters. The fraction of sp³-hybridized carbons (Fsp3) is 0.625. The topological polar surface area (TPSA) is 43.0 Å². The Bertz CT molecular complexity index is 512. The predicted octanol–water partition coefficient (Wildman–Crippen LogP) is 2.00. The van der Waals surface area contributed by atoms with E-state index in [1.807, 2.05) is 12.1 Å². The molecule has 0 aromatic heterocycles. The molecule has 0 amide bonds. The molecule has 1 N–H and O–H groups in total. The number of likely N-dealkylation sites (N-methyl/N-ethyl adjacent to an activating group) is 1. The Morgan fingerprint density at radius 1 is 1.29 bits per heavy atom. The molecule has 1 aromatic carbocycles. The molecule has 1 aliphatic carbocycles. The maximum Gasteiger partial charge on any atom is 0.231 e. The Labute approximate surface area is 126 Å². The van der Waals surface area contributed by atoms with E-state index < -0.39 is 0 Å². The van der Waals surface area contributed by atoms with Crippen molar-refractivity contribution < 1.29 is 14.2 Å². The highest BCUT2D eigenvalue weighted by Crippen LogP contribution is 2.42. The molecule has 1 saturated carbocycles. The van der Waals surface area contributed by atoms with E-state index in [2.05, 4.69) is 24.3 Å². The SMILES string of the molecule is COc1cc(CNCC2(N(C)C)CCC2)cc2c1OCO2. The molecular weight excluding hydrogens is 268 g/mol. The van der Waals surface area contributed by atoms with Gasteiger partial charge in [-0.3, -0.25) is 0 Å². The third-order valence-corrected chi connectivity index (χ3v) is 4.73. The quantitative estimate of drug-likeness (QED) is 0.868. The molecule has 1 heterocycles. The van der Waals surface area contributed by atoms with Gasteiger partial charge in [0.25, 0.3) is 0 Å². The molecule has 0 bridgehead atoms. The highest BCUT2D eigenvalue weighted by atomic mass is 16.7. The molecule has 2 aliphatic rings. The van der Waals surface area contributed by atoms with E-state index in [0.29, 0.717) is 11.3 Å². The van der Waals surface area contributed by atoms with Crippen LogP contribution in [0.1, 0.15) is 24.8 Å². The molecule has 116 valence electrons. The van der Waals surface area contributed by atoms with Crippen LogP contribution in [0.4, 0.5) is 0 Å². The summed E-state index contributed by atoms with van der Waals surface area (Å²) in [6.45, 7) is 2.09. The number of nitrogens with zero attached hydrogens (tertiary/aromatic N) is 1. The molecule has 1 aliphatic heterocycles. The smallest absolute Gasteiger partial charge is 0.231 e. The first-order valence-corrected chi connectivity index (χ1v) is 7.49. The second-order valence-corrected chi connectivity index (χ2v) is 6.11. The zero-order chi connectivity index (χ0) is 14.9. The van der Waals surface area contributed by atoms with Crippen molar-refractivity contribution in [3.63, 3.8) is 0 Å². The normalized spacial score (nSPS) is 18.7. The lowest BCUT2D eigenvalue weighted by Gasteiger charge is -2.47. The van der Waals surface area contributed by atoms with E-state index in [0.717, 1.165) is 30.2 Å². The Kier molecular flexibility index (Phi) is 3.95. The van der Waals surface area contributed by atoms with Crippen molar-refractivity contribution in [3.8, 4) is 17.2 Å². The van der Waals surface area contributed by atoms with Crippen LogP contribution in [-0.4, -0.2) is 45.0 Å². The van der Waals surface area contributed by atoms with Crippen LogP contribution in [-0.2, 0) is 6.54 Å². The third kappa shape index (κ3) is 2.68. The average Bonchev–Trinajstić information content (AvgIpc) is 2.88. The Balaban J connectivity index is 1.63. The van der Waals surface area contributed by atoms with Crippen LogP contribution in [0.2, 0.25) is 0 Å². The summed E-state index contributed by atoms with van der Waals surface area (Å²) in [5.74, 6) is 2.23. The first-order valence-electron chi connectivity index (χ1n) is 7.49. The van der Waals surface area contributed by atoms with Crippen molar-refractivity contribution in [2.75, 3.05) is 34.5 Å². The minimum absolute atomic E-state index is 0.270. The maximum absolute atomic E-state index is 5.46. The van der Waals surface area contributed by atoms with Crippen molar-refractivity contribution in [1.29, 1.82) is 0 Å². The number of ether oxygens (including phenoxy) is 3. The van der Waals surface area contributed by atoms with Crippen LogP contribution in [0.3, 0.4) is 0 Å². The average molecular weight is 292 g/mol. The Morgan fingerprint density at radius 3 is 2.71 bits per heavy atom. The van der Waals surface area contributed by atoms with Gasteiger partial charge in [0.1, 0.15) is 0 Å². The van der Waals surface area contributed by atoms with Gasteiger partial charge in [-0.1, -0.05) is 0 Å². The molecule has 1 aromatic rings. The standard InChI is InChI=1S/C16H24N2O3/c1-18(2)16(5-4-6-16)10-17-9-12-7-13(19-3)15-14(8-12)20-11-21-15/h7-8,17H,4-6,9-11H2,1-3H3. The van der Waals surface area contributed by atoms with Gasteiger partial charge < -0.3 is 24.4 Å². The zero-order valence-corrected chi connectivity index (χ0v) is 13.1. The molecule has 5 nitrogen and oxygen atoms in total. The van der Waals surface area contributed by atoms with Crippen LogP contribution in [0.15, 0.2) is 12.1 Å². The van der Waals surface area contributed by atoms with E-state index in [1.54, 1.807) is 7.11 Å².